The van der Waals surface area contributed by atoms with E-state index in [0.29, 0.717) is 17.9 Å². The number of hydrogen-bond acceptors (Lipinski definition) is 2. The summed E-state index contributed by atoms with van der Waals surface area (Å²) in [4.78, 5) is 12.6. The summed E-state index contributed by atoms with van der Waals surface area (Å²) in [7, 11) is 0. The fourth-order valence-electron chi connectivity index (χ4n) is 4.16. The van der Waals surface area contributed by atoms with E-state index in [1.807, 2.05) is 25.1 Å². The lowest BCUT2D eigenvalue weighted by molar-refractivity contribution is -0.116. The van der Waals surface area contributed by atoms with Crippen LogP contribution in [0.15, 0.2) is 66.7 Å². The molecule has 0 saturated carbocycles. The zero-order valence-corrected chi connectivity index (χ0v) is 15.3. The summed E-state index contributed by atoms with van der Waals surface area (Å²) in [5.41, 5.74) is 3.51. The summed E-state index contributed by atoms with van der Waals surface area (Å²) in [6.07, 6.45) is 0.358. The van der Waals surface area contributed by atoms with Gasteiger partial charge in [-0.2, -0.15) is 5.10 Å². The van der Waals surface area contributed by atoms with E-state index in [1.165, 1.54) is 12.1 Å². The average Bonchev–Trinajstić information content (AvgIpc) is 3.03. The second-order valence-corrected chi connectivity index (χ2v) is 7.11. The number of halogens is 1. The first-order valence-electron chi connectivity index (χ1n) is 9.25. The highest BCUT2D eigenvalue weighted by atomic mass is 19.1. The smallest absolute Gasteiger partial charge is 0.226 e. The molecule has 1 aliphatic rings. The number of aryl methyl sites for hydroxylation is 1. The molecule has 28 heavy (non-hydrogen) atoms. The molecule has 4 nitrogen and oxygen atoms in total. The summed E-state index contributed by atoms with van der Waals surface area (Å²) < 4.78 is 15.4. The Hall–Kier alpha value is -3.47. The quantitative estimate of drug-likeness (QED) is 0.542. The molecule has 5 rings (SSSR count). The molecule has 0 fully saturated rings. The Balaban J connectivity index is 1.73. The molecule has 1 aliphatic heterocycles. The molecule has 0 bridgehead atoms. The number of benzene rings is 3. The Morgan fingerprint density at radius 3 is 2.71 bits per heavy atom. The largest absolute Gasteiger partial charge is 0.310 e. The summed E-state index contributed by atoms with van der Waals surface area (Å²) in [6, 6.07) is 20.6. The molecule has 1 atom stereocenters. The Labute approximate surface area is 161 Å². The van der Waals surface area contributed by atoms with Crippen molar-refractivity contribution >= 4 is 22.5 Å². The lowest BCUT2D eigenvalue weighted by Gasteiger charge is -2.25. The maximum absolute atomic E-state index is 13.8. The lowest BCUT2D eigenvalue weighted by Crippen LogP contribution is -2.25. The van der Waals surface area contributed by atoms with E-state index in [0.717, 1.165) is 27.6 Å². The molecule has 0 radical (unpaired) electrons. The van der Waals surface area contributed by atoms with E-state index in [4.69, 9.17) is 0 Å². The highest BCUT2D eigenvalue weighted by Gasteiger charge is 2.33. The number of rotatable bonds is 2. The molecule has 5 heteroatoms. The third kappa shape index (κ3) is 2.59. The van der Waals surface area contributed by atoms with Gasteiger partial charge < -0.3 is 5.32 Å². The molecular weight excluding hydrogens is 353 g/mol. The van der Waals surface area contributed by atoms with Crippen molar-refractivity contribution in [3.05, 3.63) is 89.4 Å². The Morgan fingerprint density at radius 2 is 1.86 bits per heavy atom. The first-order valence-corrected chi connectivity index (χ1v) is 9.25. The molecule has 0 spiro atoms. The summed E-state index contributed by atoms with van der Waals surface area (Å²) >= 11 is 0. The van der Waals surface area contributed by atoms with Gasteiger partial charge in [0.1, 0.15) is 11.6 Å². The summed E-state index contributed by atoms with van der Waals surface area (Å²) in [5.74, 6) is 0.115. The van der Waals surface area contributed by atoms with Gasteiger partial charge in [-0.3, -0.25) is 4.79 Å². The van der Waals surface area contributed by atoms with Crippen molar-refractivity contribution in [2.75, 3.05) is 5.32 Å². The van der Waals surface area contributed by atoms with E-state index < -0.39 is 0 Å². The summed E-state index contributed by atoms with van der Waals surface area (Å²) in [6.45, 7) is 1.93. The van der Waals surface area contributed by atoms with Gasteiger partial charge in [-0.25, -0.2) is 9.07 Å². The minimum atomic E-state index is -0.341. The zero-order chi connectivity index (χ0) is 19.3. The van der Waals surface area contributed by atoms with Gasteiger partial charge in [0.15, 0.2) is 0 Å². The molecular formula is C23H18FN3O. The van der Waals surface area contributed by atoms with E-state index in [9.17, 15) is 9.18 Å². The monoisotopic (exact) mass is 371 g/mol. The summed E-state index contributed by atoms with van der Waals surface area (Å²) in [5, 5.41) is 9.86. The first kappa shape index (κ1) is 16.7. The standard InChI is InChI=1S/C23H18FN3O/c1-14-22-20(19-11-4-7-15-6-2-3-10-18(15)19)13-21(28)25-23(22)27(26-14)17-9-5-8-16(24)12-17/h2-12,20H,13H2,1H3,(H,25,28). The Kier molecular flexibility index (Phi) is 3.76. The second kappa shape index (κ2) is 6.30. The molecule has 1 N–H and O–H groups in total. The van der Waals surface area contributed by atoms with E-state index in [1.54, 1.807) is 16.8 Å². The molecule has 3 aromatic carbocycles. The number of carbonyl (C=O) groups is 1. The normalized spacial score (nSPS) is 16.1. The van der Waals surface area contributed by atoms with E-state index in [2.05, 4.69) is 34.7 Å². The molecule has 1 amide bonds. The highest BCUT2D eigenvalue weighted by molar-refractivity contribution is 5.96. The predicted octanol–water partition coefficient (Wildman–Crippen LogP) is 4.95. The average molecular weight is 371 g/mol. The third-order valence-corrected chi connectivity index (χ3v) is 5.35. The SMILES string of the molecule is Cc1nn(-c2cccc(F)c2)c2c1C(c1cccc3ccccc13)CC(=O)N2. The van der Waals surface area contributed by atoms with Gasteiger partial charge in [0.05, 0.1) is 11.4 Å². The molecule has 0 saturated heterocycles. The predicted molar refractivity (Wildman–Crippen MR) is 107 cm³/mol. The minimum absolute atomic E-state index is 0.0667. The van der Waals surface area contributed by atoms with Crippen LogP contribution in [-0.4, -0.2) is 15.7 Å². The fourth-order valence-corrected chi connectivity index (χ4v) is 4.16. The number of nitrogens with one attached hydrogen (secondary N) is 1. The molecule has 4 aromatic rings. The number of aromatic nitrogens is 2. The van der Waals surface area contributed by atoms with Gasteiger partial charge in [0.25, 0.3) is 0 Å². The first-order chi connectivity index (χ1) is 13.6. The van der Waals surface area contributed by atoms with Gasteiger partial charge in [-0.05, 0) is 41.5 Å². The van der Waals surface area contributed by atoms with Gasteiger partial charge >= 0.3 is 0 Å². The minimum Gasteiger partial charge on any atom is -0.310 e. The number of fused-ring (bicyclic) bond motifs is 2. The van der Waals surface area contributed by atoms with Crippen molar-refractivity contribution in [2.45, 2.75) is 19.3 Å². The molecule has 138 valence electrons. The van der Waals surface area contributed by atoms with Gasteiger partial charge in [-0.1, -0.05) is 48.5 Å². The van der Waals surface area contributed by atoms with Gasteiger partial charge in [0.2, 0.25) is 5.91 Å². The highest BCUT2D eigenvalue weighted by Crippen LogP contribution is 2.42. The van der Waals surface area contributed by atoms with Crippen LogP contribution in [0.25, 0.3) is 16.5 Å². The van der Waals surface area contributed by atoms with Crippen LogP contribution in [0.4, 0.5) is 10.2 Å². The Bertz CT molecular complexity index is 1220. The molecule has 1 aromatic heterocycles. The van der Waals surface area contributed by atoms with Crippen LogP contribution in [0.3, 0.4) is 0 Å². The van der Waals surface area contributed by atoms with Crippen molar-refractivity contribution in [1.29, 1.82) is 0 Å². The maximum atomic E-state index is 13.8. The van der Waals surface area contributed by atoms with Crippen LogP contribution in [0.5, 0.6) is 0 Å². The number of anilines is 1. The number of nitrogens with zero attached hydrogens (tertiary/aromatic N) is 2. The number of hydrogen-bond donors (Lipinski definition) is 1. The van der Waals surface area contributed by atoms with Crippen LogP contribution in [0.1, 0.15) is 29.2 Å². The van der Waals surface area contributed by atoms with Crippen LogP contribution in [-0.2, 0) is 4.79 Å². The van der Waals surface area contributed by atoms with Crippen LogP contribution in [0, 0.1) is 12.7 Å². The van der Waals surface area contributed by atoms with Crippen LogP contribution in [0.2, 0.25) is 0 Å². The molecule has 1 unspecified atom stereocenters. The number of carbonyl (C=O) groups excluding carboxylic acids is 1. The maximum Gasteiger partial charge on any atom is 0.226 e. The van der Waals surface area contributed by atoms with Gasteiger partial charge in [0, 0.05) is 17.9 Å². The number of amides is 1. The molecule has 2 heterocycles. The van der Waals surface area contributed by atoms with Crippen molar-refractivity contribution < 1.29 is 9.18 Å². The van der Waals surface area contributed by atoms with Crippen molar-refractivity contribution in [1.82, 2.24) is 9.78 Å². The molecule has 0 aliphatic carbocycles. The van der Waals surface area contributed by atoms with Crippen LogP contribution >= 0.6 is 0 Å². The Morgan fingerprint density at radius 1 is 1.07 bits per heavy atom. The third-order valence-electron chi connectivity index (χ3n) is 5.35. The van der Waals surface area contributed by atoms with Gasteiger partial charge in [-0.15, -0.1) is 0 Å². The lowest BCUT2D eigenvalue weighted by atomic mass is 9.83. The fraction of sp³-hybridized carbons (Fsp3) is 0.130. The second-order valence-electron chi connectivity index (χ2n) is 7.11. The van der Waals surface area contributed by atoms with E-state index >= 15 is 0 Å². The van der Waals surface area contributed by atoms with Crippen molar-refractivity contribution in [2.24, 2.45) is 0 Å². The van der Waals surface area contributed by atoms with Crippen LogP contribution < -0.4 is 5.32 Å². The van der Waals surface area contributed by atoms with Crippen molar-refractivity contribution in [3.63, 3.8) is 0 Å². The van der Waals surface area contributed by atoms with Crippen molar-refractivity contribution in [3.8, 4) is 5.69 Å². The van der Waals surface area contributed by atoms with E-state index in [-0.39, 0.29) is 17.6 Å². The topological polar surface area (TPSA) is 46.9 Å². The zero-order valence-electron chi connectivity index (χ0n) is 15.3.